The fourth-order valence-corrected chi connectivity index (χ4v) is 2.10. The van der Waals surface area contributed by atoms with Crippen LogP contribution >= 0.6 is 22.9 Å². The number of carbonyl (C=O) groups is 3. The molecule has 1 saturated heterocycles. The van der Waals surface area contributed by atoms with Gasteiger partial charge in [0.15, 0.2) is 6.10 Å². The van der Waals surface area contributed by atoms with E-state index in [-0.39, 0.29) is 19.0 Å². The quantitative estimate of drug-likeness (QED) is 0.394. The minimum Gasteiger partial charge on any atom is -0.454 e. The lowest BCUT2D eigenvalue weighted by molar-refractivity contribution is -0.167. The first-order valence-electron chi connectivity index (χ1n) is 5.97. The van der Waals surface area contributed by atoms with Crippen molar-refractivity contribution in [1.29, 1.82) is 0 Å². The van der Waals surface area contributed by atoms with Crippen molar-refractivity contribution in [3.63, 3.8) is 0 Å². The Hall–Kier alpha value is -1.10. The summed E-state index contributed by atoms with van der Waals surface area (Å²) in [6.45, 7) is 3.27. The molecule has 0 aromatic rings. The van der Waals surface area contributed by atoms with Crippen LogP contribution in [0.25, 0.3) is 0 Å². The smallest absolute Gasteiger partial charge is 0.419 e. The second-order valence-corrected chi connectivity index (χ2v) is 6.11. The second kappa shape index (κ2) is 6.57. The SMILES string of the molecule is CN(CC(=O)OC(C)(C)[C@@H]1CN(I)C(=O)O1)C(=O)CN. The van der Waals surface area contributed by atoms with E-state index in [4.69, 9.17) is 15.2 Å². The number of nitrogens with two attached hydrogens (primary N) is 1. The highest BCUT2D eigenvalue weighted by Crippen LogP contribution is 2.26. The van der Waals surface area contributed by atoms with Crippen LogP contribution in [0.3, 0.4) is 0 Å². The Balaban J connectivity index is 2.56. The average molecular weight is 399 g/mol. The molecule has 1 fully saturated rings. The Morgan fingerprint density at radius 1 is 1.60 bits per heavy atom. The number of nitrogens with zero attached hydrogens (tertiary/aromatic N) is 2. The molecule has 0 radical (unpaired) electrons. The van der Waals surface area contributed by atoms with Crippen LogP contribution in [0, 0.1) is 0 Å². The Labute approximate surface area is 131 Å². The molecular weight excluding hydrogens is 381 g/mol. The molecule has 0 unspecified atom stereocenters. The van der Waals surface area contributed by atoms with Crippen molar-refractivity contribution in [2.75, 3.05) is 26.7 Å². The van der Waals surface area contributed by atoms with E-state index in [2.05, 4.69) is 0 Å². The Morgan fingerprint density at radius 2 is 2.20 bits per heavy atom. The first-order chi connectivity index (χ1) is 9.17. The lowest BCUT2D eigenvalue weighted by atomic mass is 10.0. The number of carbonyl (C=O) groups excluding carboxylic acids is 3. The van der Waals surface area contributed by atoms with Gasteiger partial charge in [0.25, 0.3) is 0 Å². The zero-order chi connectivity index (χ0) is 15.5. The molecule has 1 aliphatic rings. The zero-order valence-electron chi connectivity index (χ0n) is 11.6. The standard InChI is InChI=1S/C11H18IN3O5/c1-11(2,7-5-15(12)10(18)19-7)20-9(17)6-14(3)8(16)4-13/h7H,4-6,13H2,1-3H3/t7-/m0/s1. The predicted molar refractivity (Wildman–Crippen MR) is 77.9 cm³/mol. The molecule has 1 heterocycles. The van der Waals surface area contributed by atoms with E-state index in [1.165, 1.54) is 15.1 Å². The van der Waals surface area contributed by atoms with Gasteiger partial charge in [-0.15, -0.1) is 0 Å². The molecule has 20 heavy (non-hydrogen) atoms. The monoisotopic (exact) mass is 399 g/mol. The highest BCUT2D eigenvalue weighted by atomic mass is 127. The van der Waals surface area contributed by atoms with Crippen molar-refractivity contribution in [3.05, 3.63) is 0 Å². The van der Waals surface area contributed by atoms with Crippen LogP contribution < -0.4 is 5.73 Å². The summed E-state index contributed by atoms with van der Waals surface area (Å²) in [7, 11) is 1.46. The molecule has 0 spiro atoms. The summed E-state index contributed by atoms with van der Waals surface area (Å²) in [5.74, 6) is -0.937. The van der Waals surface area contributed by atoms with Crippen molar-refractivity contribution in [3.8, 4) is 0 Å². The molecule has 0 aromatic carbocycles. The van der Waals surface area contributed by atoms with Crippen molar-refractivity contribution in [2.45, 2.75) is 25.6 Å². The van der Waals surface area contributed by atoms with E-state index in [1.54, 1.807) is 13.8 Å². The average Bonchev–Trinajstić information content (AvgIpc) is 2.68. The first-order valence-corrected chi connectivity index (χ1v) is 6.93. The van der Waals surface area contributed by atoms with Crippen LogP contribution in [0.15, 0.2) is 0 Å². The zero-order valence-corrected chi connectivity index (χ0v) is 13.7. The van der Waals surface area contributed by atoms with Crippen molar-refractivity contribution in [1.82, 2.24) is 8.01 Å². The maximum absolute atomic E-state index is 11.8. The van der Waals surface area contributed by atoms with Crippen LogP contribution in [0.2, 0.25) is 0 Å². The summed E-state index contributed by atoms with van der Waals surface area (Å²) < 4.78 is 11.8. The van der Waals surface area contributed by atoms with Crippen molar-refractivity contribution >= 4 is 40.8 Å². The van der Waals surface area contributed by atoms with Crippen LogP contribution in [-0.4, -0.2) is 64.4 Å². The van der Waals surface area contributed by atoms with E-state index in [9.17, 15) is 14.4 Å². The fraction of sp³-hybridized carbons (Fsp3) is 0.727. The largest absolute Gasteiger partial charge is 0.454 e. The summed E-state index contributed by atoms with van der Waals surface area (Å²) >= 11 is 1.83. The van der Waals surface area contributed by atoms with Gasteiger partial charge in [0.2, 0.25) is 5.91 Å². The number of halogens is 1. The Kier molecular flexibility index (Phi) is 5.57. The highest BCUT2D eigenvalue weighted by Gasteiger charge is 2.43. The van der Waals surface area contributed by atoms with Gasteiger partial charge < -0.3 is 20.1 Å². The van der Waals surface area contributed by atoms with Crippen LogP contribution in [0.4, 0.5) is 4.79 Å². The van der Waals surface area contributed by atoms with Gasteiger partial charge in [-0.3, -0.25) is 9.59 Å². The van der Waals surface area contributed by atoms with E-state index in [1.807, 2.05) is 22.9 Å². The van der Waals surface area contributed by atoms with Gasteiger partial charge in [-0.25, -0.2) is 7.91 Å². The van der Waals surface area contributed by atoms with Gasteiger partial charge in [-0.1, -0.05) is 0 Å². The molecule has 9 heteroatoms. The maximum Gasteiger partial charge on any atom is 0.419 e. The Morgan fingerprint density at radius 3 is 2.65 bits per heavy atom. The van der Waals surface area contributed by atoms with Crippen LogP contribution in [0.5, 0.6) is 0 Å². The second-order valence-electron chi connectivity index (χ2n) is 4.95. The topological polar surface area (TPSA) is 102 Å². The van der Waals surface area contributed by atoms with Gasteiger partial charge in [0.05, 0.1) is 36.0 Å². The van der Waals surface area contributed by atoms with Gasteiger partial charge in [0.1, 0.15) is 12.1 Å². The van der Waals surface area contributed by atoms with Crippen LogP contribution in [-0.2, 0) is 19.1 Å². The minimum absolute atomic E-state index is 0.169. The number of ether oxygens (including phenoxy) is 2. The lowest BCUT2D eigenvalue weighted by Gasteiger charge is -2.30. The van der Waals surface area contributed by atoms with Gasteiger partial charge in [0, 0.05) is 7.05 Å². The molecular formula is C11H18IN3O5. The number of hydrogen-bond acceptors (Lipinski definition) is 6. The number of esters is 1. The number of rotatable bonds is 5. The van der Waals surface area contributed by atoms with Crippen LogP contribution in [0.1, 0.15) is 13.8 Å². The Bertz CT molecular complexity index is 415. The van der Waals surface area contributed by atoms with Crippen molar-refractivity contribution in [2.24, 2.45) is 5.73 Å². The molecule has 1 atom stereocenters. The maximum atomic E-state index is 11.8. The van der Waals surface area contributed by atoms with E-state index >= 15 is 0 Å². The molecule has 0 bridgehead atoms. The third kappa shape index (κ3) is 4.20. The normalized spacial score (nSPS) is 18.8. The molecule has 2 amide bonds. The fourth-order valence-electron chi connectivity index (χ4n) is 1.63. The summed E-state index contributed by atoms with van der Waals surface area (Å²) in [5.41, 5.74) is 4.23. The number of amides is 2. The van der Waals surface area contributed by atoms with Gasteiger partial charge >= 0.3 is 12.1 Å². The molecule has 8 nitrogen and oxygen atoms in total. The number of cyclic esters (lactones) is 1. The summed E-state index contributed by atoms with van der Waals surface area (Å²) in [6.07, 6.45) is -1.01. The molecule has 1 aliphatic heterocycles. The van der Waals surface area contributed by atoms with E-state index in [0.29, 0.717) is 6.54 Å². The van der Waals surface area contributed by atoms with E-state index < -0.39 is 23.8 Å². The molecule has 114 valence electrons. The minimum atomic E-state index is -0.973. The highest BCUT2D eigenvalue weighted by molar-refractivity contribution is 14.1. The molecule has 0 aromatic heterocycles. The summed E-state index contributed by atoms with van der Waals surface area (Å²) in [6, 6.07) is 0. The summed E-state index contributed by atoms with van der Waals surface area (Å²) in [4.78, 5) is 35.6. The van der Waals surface area contributed by atoms with E-state index in [0.717, 1.165) is 0 Å². The third-order valence-corrected chi connectivity index (χ3v) is 3.67. The predicted octanol–water partition coefficient (Wildman–Crippen LogP) is -0.104. The molecule has 0 saturated carbocycles. The third-order valence-electron chi connectivity index (χ3n) is 2.89. The molecule has 0 aliphatic carbocycles. The van der Waals surface area contributed by atoms with Gasteiger partial charge in [-0.05, 0) is 13.8 Å². The number of hydrogen-bond donors (Lipinski definition) is 1. The summed E-state index contributed by atoms with van der Waals surface area (Å²) in [5, 5.41) is 0. The molecule has 1 rings (SSSR count). The van der Waals surface area contributed by atoms with Crippen molar-refractivity contribution < 1.29 is 23.9 Å². The number of likely N-dealkylation sites (N-methyl/N-ethyl adjacent to an activating group) is 1. The molecule has 2 N–H and O–H groups in total. The first kappa shape index (κ1) is 17.0. The lowest BCUT2D eigenvalue weighted by Crippen LogP contribution is -2.45. The van der Waals surface area contributed by atoms with Gasteiger partial charge in [-0.2, -0.15) is 0 Å².